The van der Waals surface area contributed by atoms with Gasteiger partial charge >= 0.3 is 0 Å². The molecule has 13 heteroatoms. The highest BCUT2D eigenvalue weighted by molar-refractivity contribution is 5.84. The van der Waals surface area contributed by atoms with Crippen molar-refractivity contribution in [2.75, 3.05) is 17.2 Å². The maximum atomic E-state index is 5.67. The number of aromatic nitrogens is 6. The molecule has 0 aliphatic carbocycles. The summed E-state index contributed by atoms with van der Waals surface area (Å²) in [4.78, 5) is 7.52. The molecule has 2 aromatic heterocycles. The van der Waals surface area contributed by atoms with Crippen molar-refractivity contribution in [1.82, 2.24) is 29.5 Å². The number of anilines is 3. The van der Waals surface area contributed by atoms with E-state index in [2.05, 4.69) is 30.4 Å². The van der Waals surface area contributed by atoms with Gasteiger partial charge in [-0.05, 0) is 6.92 Å². The first-order valence-corrected chi connectivity index (χ1v) is 5.23. The number of hydrogen-bond donors (Lipinski definition) is 5. The van der Waals surface area contributed by atoms with E-state index >= 15 is 0 Å². The molecule has 0 unspecified atom stereocenters. The maximum Gasteiger partial charge on any atom is 0.244 e. The summed E-state index contributed by atoms with van der Waals surface area (Å²) in [6.07, 6.45) is 0. The van der Waals surface area contributed by atoms with Crippen LogP contribution in [0, 0.1) is 6.92 Å². The first-order valence-electron chi connectivity index (χ1n) is 5.23. The van der Waals surface area contributed by atoms with E-state index in [1.165, 1.54) is 4.68 Å². The van der Waals surface area contributed by atoms with E-state index in [0.29, 0.717) is 5.82 Å². The summed E-state index contributed by atoms with van der Waals surface area (Å²) in [7, 11) is 0. The highest BCUT2D eigenvalue weighted by Gasteiger charge is 2.09. The molecule has 2 heterocycles. The Kier molecular flexibility index (Phi) is 3.08. The fraction of sp³-hybridized carbons (Fsp3) is 0.143. The van der Waals surface area contributed by atoms with Crippen LogP contribution in [0.1, 0.15) is 5.82 Å². The van der Waals surface area contributed by atoms with Crippen LogP contribution in [0.2, 0.25) is 0 Å². The van der Waals surface area contributed by atoms with Gasteiger partial charge in [0, 0.05) is 0 Å². The highest BCUT2D eigenvalue weighted by Crippen LogP contribution is 2.00. The second kappa shape index (κ2) is 4.71. The van der Waals surface area contributed by atoms with E-state index in [-0.39, 0.29) is 29.8 Å². The first-order chi connectivity index (χ1) is 9.38. The van der Waals surface area contributed by atoms with Crippen LogP contribution in [-0.4, -0.2) is 41.4 Å². The first kappa shape index (κ1) is 13.1. The lowest BCUT2D eigenvalue weighted by Crippen LogP contribution is -2.27. The van der Waals surface area contributed by atoms with E-state index in [9.17, 15) is 0 Å². The third-order valence-electron chi connectivity index (χ3n) is 2.12. The van der Waals surface area contributed by atoms with Gasteiger partial charge in [-0.3, -0.25) is 0 Å². The van der Waals surface area contributed by atoms with Crippen molar-refractivity contribution in [2.45, 2.75) is 6.92 Å². The summed E-state index contributed by atoms with van der Waals surface area (Å²) in [5.41, 5.74) is 27.6. The van der Waals surface area contributed by atoms with E-state index in [0.717, 1.165) is 4.68 Å². The predicted molar refractivity (Wildman–Crippen MR) is 72.1 cm³/mol. The fourth-order valence-corrected chi connectivity index (χ4v) is 1.32. The van der Waals surface area contributed by atoms with Gasteiger partial charge < -0.3 is 28.7 Å². The normalized spacial score (nSPS) is 12.8. The van der Waals surface area contributed by atoms with E-state index in [1.54, 1.807) is 6.92 Å². The van der Waals surface area contributed by atoms with Crippen LogP contribution < -0.4 is 28.7 Å². The summed E-state index contributed by atoms with van der Waals surface area (Å²) < 4.78 is 2.21. The number of nitrogens with two attached hydrogens (primary N) is 5. The van der Waals surface area contributed by atoms with Crippen molar-refractivity contribution in [2.24, 2.45) is 21.7 Å². The van der Waals surface area contributed by atoms with Crippen LogP contribution in [0.3, 0.4) is 0 Å². The van der Waals surface area contributed by atoms with E-state index < -0.39 is 0 Å². The SMILES string of the molecule is Cc1nc(N)nn1/C(N)=N/N=C(\N)n1nc(N)nc1N. The second-order valence-electron chi connectivity index (χ2n) is 3.59. The molecule has 0 radical (unpaired) electrons. The molecule has 0 bridgehead atoms. The number of hydrogen-bond acceptors (Lipinski definition) is 9. The average Bonchev–Trinajstić information content (AvgIpc) is 2.88. The molecular weight excluding hydrogens is 266 g/mol. The number of nitrogens with zero attached hydrogens (tertiary/aromatic N) is 8. The van der Waals surface area contributed by atoms with Gasteiger partial charge in [0.05, 0.1) is 0 Å². The quantitative estimate of drug-likeness (QED) is 0.202. The van der Waals surface area contributed by atoms with Crippen molar-refractivity contribution in [3.05, 3.63) is 5.82 Å². The maximum absolute atomic E-state index is 5.67. The lowest BCUT2D eigenvalue weighted by atomic mass is 10.7. The zero-order valence-electron chi connectivity index (χ0n) is 10.5. The molecule has 10 N–H and O–H groups in total. The lowest BCUT2D eigenvalue weighted by molar-refractivity contribution is 0.865. The Morgan fingerprint density at radius 3 is 1.85 bits per heavy atom. The molecule has 0 fully saturated rings. The molecule has 2 aromatic rings. The van der Waals surface area contributed by atoms with Crippen molar-refractivity contribution in [3.63, 3.8) is 0 Å². The molecule has 20 heavy (non-hydrogen) atoms. The summed E-state index contributed by atoms with van der Waals surface area (Å²) in [5.74, 6) is 0.186. The van der Waals surface area contributed by atoms with Crippen molar-refractivity contribution >= 4 is 29.8 Å². The smallest absolute Gasteiger partial charge is 0.244 e. The van der Waals surface area contributed by atoms with Gasteiger partial charge in [-0.25, -0.2) is 0 Å². The topological polar surface area (TPSA) is 216 Å². The summed E-state index contributed by atoms with van der Waals surface area (Å²) in [6.45, 7) is 1.65. The predicted octanol–water partition coefficient (Wildman–Crippen LogP) is -3.13. The zero-order valence-corrected chi connectivity index (χ0v) is 10.5. The minimum Gasteiger partial charge on any atom is -0.368 e. The van der Waals surface area contributed by atoms with Crippen molar-refractivity contribution in [1.29, 1.82) is 0 Å². The van der Waals surface area contributed by atoms with Crippen molar-refractivity contribution < 1.29 is 0 Å². The number of aryl methyl sites for hydroxylation is 1. The van der Waals surface area contributed by atoms with Crippen molar-refractivity contribution in [3.8, 4) is 0 Å². The van der Waals surface area contributed by atoms with Crippen LogP contribution in [0.15, 0.2) is 10.2 Å². The number of rotatable bonds is 1. The van der Waals surface area contributed by atoms with Crippen LogP contribution in [-0.2, 0) is 0 Å². The van der Waals surface area contributed by atoms with Gasteiger partial charge in [-0.1, -0.05) is 0 Å². The Balaban J connectivity index is 2.29. The minimum atomic E-state index is -0.166. The molecule has 106 valence electrons. The molecule has 0 saturated carbocycles. The van der Waals surface area contributed by atoms with Gasteiger partial charge in [0.25, 0.3) is 0 Å². The summed E-state index contributed by atoms with van der Waals surface area (Å²) in [5, 5.41) is 14.9. The summed E-state index contributed by atoms with van der Waals surface area (Å²) >= 11 is 0. The molecule has 0 aliphatic heterocycles. The molecule has 13 nitrogen and oxygen atoms in total. The Bertz CT molecular complexity index is 627. The largest absolute Gasteiger partial charge is 0.368 e. The second-order valence-corrected chi connectivity index (χ2v) is 3.59. The van der Waals surface area contributed by atoms with Gasteiger partial charge in [-0.2, -0.15) is 19.3 Å². The van der Waals surface area contributed by atoms with E-state index in [1.807, 2.05) is 0 Å². The third kappa shape index (κ3) is 2.40. The minimum absolute atomic E-state index is 0.0290. The van der Waals surface area contributed by atoms with Gasteiger partial charge in [0.1, 0.15) is 5.82 Å². The average molecular weight is 279 g/mol. The molecular formula is C7H13N13. The zero-order chi connectivity index (χ0) is 14.9. The van der Waals surface area contributed by atoms with Crippen LogP contribution in [0.4, 0.5) is 17.8 Å². The van der Waals surface area contributed by atoms with Crippen LogP contribution in [0.25, 0.3) is 0 Å². The van der Waals surface area contributed by atoms with Crippen LogP contribution >= 0.6 is 0 Å². The molecule has 0 aliphatic rings. The standard InChI is InChI=1S/C7H13N13/c1-2-13-3(8)17-19(2)6(11)15-16-7(12)20-5(10)14-4(9)18-20/h1H3,(H2,8,17)(H2,11,15)(H2,12,16)(H4,9,10,14,18). The van der Waals surface area contributed by atoms with Gasteiger partial charge in [0.2, 0.25) is 29.8 Å². The van der Waals surface area contributed by atoms with E-state index in [4.69, 9.17) is 28.7 Å². The fourth-order valence-electron chi connectivity index (χ4n) is 1.32. The number of nitrogen functional groups attached to an aromatic ring is 3. The molecule has 0 spiro atoms. The molecule has 0 aromatic carbocycles. The Morgan fingerprint density at radius 1 is 0.900 bits per heavy atom. The monoisotopic (exact) mass is 279 g/mol. The molecule has 0 amide bonds. The Morgan fingerprint density at radius 2 is 1.40 bits per heavy atom. The molecule has 2 rings (SSSR count). The molecule has 0 atom stereocenters. The van der Waals surface area contributed by atoms with Crippen LogP contribution in [0.5, 0.6) is 0 Å². The third-order valence-corrected chi connectivity index (χ3v) is 2.12. The highest BCUT2D eigenvalue weighted by atomic mass is 15.5. The summed E-state index contributed by atoms with van der Waals surface area (Å²) in [6, 6.07) is 0. The lowest BCUT2D eigenvalue weighted by Gasteiger charge is -2.00. The van der Waals surface area contributed by atoms with Gasteiger partial charge in [0.15, 0.2) is 0 Å². The van der Waals surface area contributed by atoms with Gasteiger partial charge in [-0.15, -0.1) is 20.4 Å². The Labute approximate surface area is 112 Å². The molecule has 0 saturated heterocycles. The Hall–Kier alpha value is -3.38.